The van der Waals surface area contributed by atoms with Crippen molar-refractivity contribution in [1.29, 1.82) is 0 Å². The highest BCUT2D eigenvalue weighted by Crippen LogP contribution is 2.36. The molecule has 0 aliphatic carbocycles. The van der Waals surface area contributed by atoms with Crippen LogP contribution in [0, 0.1) is 11.7 Å². The van der Waals surface area contributed by atoms with Gasteiger partial charge in [-0.3, -0.25) is 0 Å². The van der Waals surface area contributed by atoms with Gasteiger partial charge in [-0.2, -0.15) is 0 Å². The summed E-state index contributed by atoms with van der Waals surface area (Å²) in [7, 11) is 0. The molecule has 15 heavy (non-hydrogen) atoms. The van der Waals surface area contributed by atoms with Crippen molar-refractivity contribution in [2.24, 2.45) is 11.7 Å². The number of hydrogen-bond donors (Lipinski definition) is 2. The Labute approximate surface area is 89.7 Å². The number of rotatable bonds is 3. The number of benzene rings is 1. The highest BCUT2D eigenvalue weighted by Gasteiger charge is 2.25. The zero-order valence-electron chi connectivity index (χ0n) is 8.96. The fourth-order valence-electron chi connectivity index (χ4n) is 2.19. The monoisotopic (exact) mass is 208 g/mol. The summed E-state index contributed by atoms with van der Waals surface area (Å²) < 4.78 is 13.4. The molecule has 0 spiro atoms. The molecule has 0 saturated carbocycles. The molecule has 1 aliphatic heterocycles. The topological polar surface area (TPSA) is 38.0 Å². The Morgan fingerprint density at radius 1 is 1.60 bits per heavy atom. The summed E-state index contributed by atoms with van der Waals surface area (Å²) in [5.41, 5.74) is 7.40. The van der Waals surface area contributed by atoms with E-state index in [-0.39, 0.29) is 5.82 Å². The van der Waals surface area contributed by atoms with Crippen molar-refractivity contribution in [3.63, 3.8) is 0 Å². The van der Waals surface area contributed by atoms with Gasteiger partial charge in [-0.1, -0.05) is 19.1 Å². The Morgan fingerprint density at radius 2 is 2.40 bits per heavy atom. The van der Waals surface area contributed by atoms with Crippen LogP contribution in [0.3, 0.4) is 0 Å². The van der Waals surface area contributed by atoms with Gasteiger partial charge >= 0.3 is 0 Å². The summed E-state index contributed by atoms with van der Waals surface area (Å²) in [5.74, 6) is 0.760. The van der Waals surface area contributed by atoms with Crippen LogP contribution in [-0.2, 0) is 0 Å². The first-order valence-electron chi connectivity index (χ1n) is 5.44. The summed E-state index contributed by atoms with van der Waals surface area (Å²) in [6.07, 6.45) is 1.03. The first-order valence-corrected chi connectivity index (χ1v) is 5.44. The molecule has 2 atom stereocenters. The lowest BCUT2D eigenvalue weighted by Gasteiger charge is -2.14. The van der Waals surface area contributed by atoms with E-state index in [1.54, 1.807) is 6.07 Å². The van der Waals surface area contributed by atoms with Gasteiger partial charge in [-0.15, -0.1) is 0 Å². The van der Waals surface area contributed by atoms with Gasteiger partial charge in [0.05, 0.1) is 5.69 Å². The lowest BCUT2D eigenvalue weighted by molar-refractivity contribution is 0.493. The van der Waals surface area contributed by atoms with Crippen LogP contribution in [0.2, 0.25) is 0 Å². The Morgan fingerprint density at radius 3 is 3.13 bits per heavy atom. The molecule has 0 radical (unpaired) electrons. The molecule has 2 nitrogen and oxygen atoms in total. The third-order valence-corrected chi connectivity index (χ3v) is 3.10. The van der Waals surface area contributed by atoms with Crippen molar-refractivity contribution in [1.82, 2.24) is 0 Å². The quantitative estimate of drug-likeness (QED) is 0.800. The third kappa shape index (κ3) is 1.97. The number of anilines is 1. The third-order valence-electron chi connectivity index (χ3n) is 3.10. The van der Waals surface area contributed by atoms with Crippen LogP contribution in [0.15, 0.2) is 18.2 Å². The highest BCUT2D eigenvalue weighted by atomic mass is 19.1. The van der Waals surface area contributed by atoms with Crippen molar-refractivity contribution < 1.29 is 4.39 Å². The predicted molar refractivity (Wildman–Crippen MR) is 60.5 cm³/mol. The first-order chi connectivity index (χ1) is 7.22. The van der Waals surface area contributed by atoms with Crippen LogP contribution in [-0.4, -0.2) is 13.1 Å². The molecule has 82 valence electrons. The van der Waals surface area contributed by atoms with Crippen molar-refractivity contribution in [2.45, 2.75) is 19.3 Å². The molecule has 0 saturated heterocycles. The zero-order chi connectivity index (χ0) is 10.8. The second-order valence-electron chi connectivity index (χ2n) is 4.36. The van der Waals surface area contributed by atoms with Crippen LogP contribution in [0.25, 0.3) is 0 Å². The number of halogens is 1. The minimum Gasteiger partial charge on any atom is -0.382 e. The summed E-state index contributed by atoms with van der Waals surface area (Å²) in [6.45, 7) is 3.67. The zero-order valence-corrected chi connectivity index (χ0v) is 8.96. The normalized spacial score (nSPS) is 20.9. The lowest BCUT2D eigenvalue weighted by Crippen LogP contribution is -2.15. The molecule has 0 fully saturated rings. The van der Waals surface area contributed by atoms with Crippen LogP contribution in [0.5, 0.6) is 0 Å². The molecule has 3 N–H and O–H groups in total. The largest absolute Gasteiger partial charge is 0.382 e. The highest BCUT2D eigenvalue weighted by molar-refractivity contribution is 5.58. The van der Waals surface area contributed by atoms with Gasteiger partial charge in [0.15, 0.2) is 0 Å². The fourth-order valence-corrected chi connectivity index (χ4v) is 2.19. The molecular weight excluding hydrogens is 191 g/mol. The second kappa shape index (κ2) is 4.19. The van der Waals surface area contributed by atoms with Gasteiger partial charge in [0.2, 0.25) is 0 Å². The molecule has 3 heteroatoms. The molecule has 1 aromatic rings. The van der Waals surface area contributed by atoms with Crippen LogP contribution >= 0.6 is 0 Å². The maximum Gasteiger partial charge on any atom is 0.146 e. The van der Waals surface area contributed by atoms with Crippen LogP contribution in [0.4, 0.5) is 10.1 Å². The second-order valence-corrected chi connectivity index (χ2v) is 4.36. The van der Waals surface area contributed by atoms with Crippen LogP contribution in [0.1, 0.15) is 24.8 Å². The standard InChI is InChI=1S/C12H17FN2/c1-8(6-14)5-9-7-15-12-10(9)3-2-4-11(12)13/h2-4,8-9,15H,5-7,14H2,1H3. The maximum absolute atomic E-state index is 13.4. The van der Waals surface area contributed by atoms with E-state index in [1.165, 1.54) is 6.07 Å². The fraction of sp³-hybridized carbons (Fsp3) is 0.500. The number of fused-ring (bicyclic) bond motifs is 1. The summed E-state index contributed by atoms with van der Waals surface area (Å²) in [5, 5.41) is 3.13. The molecule has 2 rings (SSSR count). The molecule has 1 aliphatic rings. The predicted octanol–water partition coefficient (Wildman–Crippen LogP) is 2.32. The van der Waals surface area contributed by atoms with E-state index in [0.717, 1.165) is 18.5 Å². The molecule has 1 aromatic carbocycles. The summed E-state index contributed by atoms with van der Waals surface area (Å²) in [4.78, 5) is 0. The molecule has 1 heterocycles. The first kappa shape index (κ1) is 10.4. The van der Waals surface area contributed by atoms with Crippen molar-refractivity contribution in [3.8, 4) is 0 Å². The van der Waals surface area contributed by atoms with Gasteiger partial charge in [-0.05, 0) is 30.5 Å². The maximum atomic E-state index is 13.4. The molecular formula is C12H17FN2. The average molecular weight is 208 g/mol. The van der Waals surface area contributed by atoms with E-state index in [1.807, 2.05) is 6.07 Å². The van der Waals surface area contributed by atoms with E-state index in [9.17, 15) is 4.39 Å². The van der Waals surface area contributed by atoms with E-state index in [2.05, 4.69) is 12.2 Å². The Hall–Kier alpha value is -1.09. The summed E-state index contributed by atoms with van der Waals surface area (Å²) >= 11 is 0. The Balaban J connectivity index is 2.18. The minimum absolute atomic E-state index is 0.143. The van der Waals surface area contributed by atoms with Crippen molar-refractivity contribution >= 4 is 5.69 Å². The minimum atomic E-state index is -0.143. The van der Waals surface area contributed by atoms with E-state index < -0.39 is 0 Å². The number of hydrogen-bond acceptors (Lipinski definition) is 2. The van der Waals surface area contributed by atoms with E-state index >= 15 is 0 Å². The van der Waals surface area contributed by atoms with Gasteiger partial charge in [-0.25, -0.2) is 4.39 Å². The van der Waals surface area contributed by atoms with E-state index in [4.69, 9.17) is 5.73 Å². The lowest BCUT2D eigenvalue weighted by atomic mass is 9.91. The van der Waals surface area contributed by atoms with Gasteiger partial charge in [0, 0.05) is 12.5 Å². The average Bonchev–Trinajstić information content (AvgIpc) is 2.63. The SMILES string of the molecule is CC(CN)CC1CNc2c(F)cccc21. The number of nitrogens with two attached hydrogens (primary N) is 1. The molecule has 0 aromatic heterocycles. The van der Waals surface area contributed by atoms with E-state index in [0.29, 0.717) is 24.1 Å². The smallest absolute Gasteiger partial charge is 0.146 e. The Bertz CT molecular complexity index is 351. The van der Waals surface area contributed by atoms with Gasteiger partial charge < -0.3 is 11.1 Å². The van der Waals surface area contributed by atoms with Gasteiger partial charge in [0.25, 0.3) is 0 Å². The molecule has 0 amide bonds. The number of para-hydroxylation sites is 1. The van der Waals surface area contributed by atoms with Crippen molar-refractivity contribution in [3.05, 3.63) is 29.6 Å². The van der Waals surface area contributed by atoms with Crippen LogP contribution < -0.4 is 11.1 Å². The van der Waals surface area contributed by atoms with Gasteiger partial charge in [0.1, 0.15) is 5.82 Å². The van der Waals surface area contributed by atoms with Crippen molar-refractivity contribution in [2.75, 3.05) is 18.4 Å². The summed E-state index contributed by atoms with van der Waals surface area (Å²) in [6, 6.07) is 5.29. The molecule has 2 unspecified atom stereocenters. The Kier molecular flexibility index (Phi) is 2.91. The molecule has 0 bridgehead atoms. The number of nitrogens with one attached hydrogen (secondary N) is 1.